The van der Waals surface area contributed by atoms with Crippen molar-refractivity contribution in [2.45, 2.75) is 31.9 Å². The molecule has 0 bridgehead atoms. The van der Waals surface area contributed by atoms with Crippen LogP contribution in [-0.2, 0) is 19.4 Å². The smallest absolute Gasteiger partial charge is 0.277 e. The van der Waals surface area contributed by atoms with E-state index in [9.17, 15) is 9.59 Å². The maximum atomic E-state index is 14.1. The zero-order valence-electron chi connectivity index (χ0n) is 24.2. The number of hydrogen-bond acceptors (Lipinski definition) is 5. The summed E-state index contributed by atoms with van der Waals surface area (Å²) < 4.78 is 14.2. The molecule has 0 spiro atoms. The van der Waals surface area contributed by atoms with Crippen molar-refractivity contribution in [3.63, 3.8) is 0 Å². The molecule has 0 saturated carbocycles. The van der Waals surface area contributed by atoms with E-state index in [0.29, 0.717) is 26.2 Å². The topological polar surface area (TPSA) is 64.0 Å². The van der Waals surface area contributed by atoms with Crippen molar-refractivity contribution >= 4 is 5.91 Å². The minimum atomic E-state index is -0.335. The highest BCUT2D eigenvalue weighted by atomic mass is 16.5. The van der Waals surface area contributed by atoms with Crippen molar-refractivity contribution in [2.24, 2.45) is 0 Å². The van der Waals surface area contributed by atoms with E-state index >= 15 is 0 Å². The number of aromatic nitrogens is 1. The molecule has 1 aliphatic heterocycles. The number of hydrogen-bond donors (Lipinski definition) is 0. The zero-order chi connectivity index (χ0) is 29.8. The number of rotatable bonds is 10. The molecule has 0 saturated heterocycles. The minimum absolute atomic E-state index is 0.0444. The SMILES string of the molecule is C=CCCN1CN(C2c3ccccc3CCc3cccc(OCC=C)c32)n2ccc(=O)c(OCc3ccccc3)c2C1=O. The molecule has 0 N–H and O–H groups in total. The third-order valence-corrected chi connectivity index (χ3v) is 8.04. The Labute approximate surface area is 251 Å². The van der Waals surface area contributed by atoms with Crippen LogP contribution in [0.15, 0.2) is 115 Å². The molecule has 7 heteroatoms. The summed E-state index contributed by atoms with van der Waals surface area (Å²) in [6.07, 6.45) is 7.57. The normalized spacial score (nSPS) is 15.5. The van der Waals surface area contributed by atoms with Gasteiger partial charge in [0, 0.05) is 24.4 Å². The third-order valence-electron chi connectivity index (χ3n) is 8.04. The lowest BCUT2D eigenvalue weighted by Gasteiger charge is -2.44. The van der Waals surface area contributed by atoms with Crippen LogP contribution in [0.5, 0.6) is 11.5 Å². The lowest BCUT2D eigenvalue weighted by molar-refractivity contribution is 0.0679. The van der Waals surface area contributed by atoms with Crippen LogP contribution in [-0.4, -0.2) is 35.3 Å². The van der Waals surface area contributed by atoms with Gasteiger partial charge in [-0.1, -0.05) is 85.5 Å². The molecule has 0 fully saturated rings. The van der Waals surface area contributed by atoms with Crippen LogP contribution in [0.4, 0.5) is 0 Å². The van der Waals surface area contributed by atoms with Gasteiger partial charge in [0.1, 0.15) is 31.7 Å². The van der Waals surface area contributed by atoms with E-state index in [0.717, 1.165) is 35.3 Å². The maximum absolute atomic E-state index is 14.1. The number of carbonyl (C=O) groups excluding carboxylic acids is 1. The summed E-state index contributed by atoms with van der Waals surface area (Å²) in [5, 5.41) is 2.15. The van der Waals surface area contributed by atoms with Crippen molar-refractivity contribution < 1.29 is 14.3 Å². The van der Waals surface area contributed by atoms with E-state index in [1.807, 2.05) is 47.1 Å². The van der Waals surface area contributed by atoms with Crippen molar-refractivity contribution in [3.05, 3.63) is 154 Å². The number of fused-ring (bicyclic) bond motifs is 3. The fourth-order valence-electron chi connectivity index (χ4n) is 6.03. The molecule has 0 radical (unpaired) electrons. The fourth-order valence-corrected chi connectivity index (χ4v) is 6.03. The van der Waals surface area contributed by atoms with Gasteiger partial charge in [-0.05, 0) is 47.6 Å². The van der Waals surface area contributed by atoms with Crippen LogP contribution in [0.1, 0.15) is 50.8 Å². The van der Waals surface area contributed by atoms with E-state index < -0.39 is 0 Å². The molecule has 1 atom stereocenters. The molecule has 1 unspecified atom stereocenters. The Balaban J connectivity index is 1.55. The van der Waals surface area contributed by atoms with E-state index in [2.05, 4.69) is 48.5 Å². The number of pyridine rings is 1. The summed E-state index contributed by atoms with van der Waals surface area (Å²) in [4.78, 5) is 29.2. The molecule has 6 rings (SSSR count). The van der Waals surface area contributed by atoms with Crippen molar-refractivity contribution in [3.8, 4) is 11.5 Å². The third kappa shape index (κ3) is 5.46. The van der Waals surface area contributed by atoms with Crippen LogP contribution in [0, 0.1) is 0 Å². The molecule has 4 aromatic rings. The minimum Gasteiger partial charge on any atom is -0.489 e. The number of aryl methyl sites for hydroxylation is 2. The summed E-state index contributed by atoms with van der Waals surface area (Å²) in [6.45, 7) is 9.02. The summed E-state index contributed by atoms with van der Waals surface area (Å²) in [5.74, 6) is 0.567. The maximum Gasteiger partial charge on any atom is 0.277 e. The number of amides is 1. The molecule has 218 valence electrons. The highest BCUT2D eigenvalue weighted by molar-refractivity contribution is 5.96. The summed E-state index contributed by atoms with van der Waals surface area (Å²) in [7, 11) is 0. The van der Waals surface area contributed by atoms with Gasteiger partial charge in [0.05, 0.1) is 0 Å². The number of ether oxygens (including phenoxy) is 2. The fraction of sp³-hybridized carbons (Fsp3) is 0.222. The van der Waals surface area contributed by atoms with Crippen molar-refractivity contribution in [1.82, 2.24) is 9.58 Å². The van der Waals surface area contributed by atoms with Gasteiger partial charge in [0.2, 0.25) is 5.43 Å². The lowest BCUT2D eigenvalue weighted by atomic mass is 9.93. The second kappa shape index (κ2) is 12.4. The molecule has 1 aromatic heterocycles. The average Bonchev–Trinajstić information content (AvgIpc) is 3.21. The Hall–Kier alpha value is -5.04. The number of benzene rings is 3. The van der Waals surface area contributed by atoms with Crippen LogP contribution < -0.4 is 19.9 Å². The van der Waals surface area contributed by atoms with E-state index in [1.54, 1.807) is 23.2 Å². The summed E-state index contributed by atoms with van der Waals surface area (Å²) in [6, 6.07) is 25.4. The van der Waals surface area contributed by atoms with Crippen LogP contribution >= 0.6 is 0 Å². The predicted octanol–water partition coefficient (Wildman–Crippen LogP) is 5.81. The van der Waals surface area contributed by atoms with Gasteiger partial charge < -0.3 is 14.4 Å². The van der Waals surface area contributed by atoms with Gasteiger partial charge in [0.25, 0.3) is 5.91 Å². The van der Waals surface area contributed by atoms with Gasteiger partial charge >= 0.3 is 0 Å². The summed E-state index contributed by atoms with van der Waals surface area (Å²) in [5.41, 5.74) is 5.37. The average molecular weight is 574 g/mol. The monoisotopic (exact) mass is 573 g/mol. The largest absolute Gasteiger partial charge is 0.489 e. The first-order valence-electron chi connectivity index (χ1n) is 14.6. The van der Waals surface area contributed by atoms with E-state index in [4.69, 9.17) is 9.47 Å². The first kappa shape index (κ1) is 28.1. The van der Waals surface area contributed by atoms with Gasteiger partial charge in [-0.15, -0.1) is 6.58 Å². The molecule has 2 heterocycles. The predicted molar refractivity (Wildman–Crippen MR) is 168 cm³/mol. The molecule has 43 heavy (non-hydrogen) atoms. The van der Waals surface area contributed by atoms with Crippen molar-refractivity contribution in [2.75, 3.05) is 24.8 Å². The standard InChI is InChI=1S/C36H35N3O4/c1-3-5-21-37-25-39(38-22-20-30(40)35(34(38)36(37)41)43-24-26-12-7-6-8-13-26)33-29-16-10-9-14-27(29)18-19-28-15-11-17-31(32(28)33)42-23-4-2/h3-4,6-17,20,22,33H,1-2,5,18-19,21,23-25H2. The molecule has 2 aliphatic rings. The van der Waals surface area contributed by atoms with Gasteiger partial charge in [0.15, 0.2) is 11.4 Å². The molecule has 7 nitrogen and oxygen atoms in total. The highest BCUT2D eigenvalue weighted by Gasteiger charge is 2.39. The number of carbonyl (C=O) groups is 1. The molecule has 3 aromatic carbocycles. The first-order valence-corrected chi connectivity index (χ1v) is 14.6. The Morgan fingerprint density at radius 1 is 0.837 bits per heavy atom. The van der Waals surface area contributed by atoms with Gasteiger partial charge in [-0.3, -0.25) is 19.3 Å². The van der Waals surface area contributed by atoms with Crippen LogP contribution in [0.3, 0.4) is 0 Å². The number of nitrogens with zero attached hydrogens (tertiary/aromatic N) is 3. The van der Waals surface area contributed by atoms with Crippen LogP contribution in [0.2, 0.25) is 0 Å². The summed E-state index contributed by atoms with van der Waals surface area (Å²) >= 11 is 0. The lowest BCUT2D eigenvalue weighted by Crippen LogP contribution is -2.56. The van der Waals surface area contributed by atoms with Gasteiger partial charge in [-0.25, -0.2) is 0 Å². The zero-order valence-corrected chi connectivity index (χ0v) is 24.2. The Morgan fingerprint density at radius 3 is 2.42 bits per heavy atom. The highest BCUT2D eigenvalue weighted by Crippen LogP contribution is 2.42. The van der Waals surface area contributed by atoms with E-state index in [1.165, 1.54) is 17.2 Å². The second-order valence-electron chi connectivity index (χ2n) is 10.7. The molecule has 1 aliphatic carbocycles. The molecular formula is C36H35N3O4. The van der Waals surface area contributed by atoms with Crippen LogP contribution in [0.25, 0.3) is 0 Å². The Bertz CT molecular complexity index is 1710. The van der Waals surface area contributed by atoms with Crippen molar-refractivity contribution in [1.29, 1.82) is 0 Å². The molecule has 1 amide bonds. The second-order valence-corrected chi connectivity index (χ2v) is 10.7. The van der Waals surface area contributed by atoms with Gasteiger partial charge in [-0.2, -0.15) is 0 Å². The Morgan fingerprint density at radius 2 is 1.60 bits per heavy atom. The van der Waals surface area contributed by atoms with E-state index in [-0.39, 0.29) is 35.4 Å². The first-order chi connectivity index (χ1) is 21.1. The Kier molecular flexibility index (Phi) is 8.13. The molecular weight excluding hydrogens is 538 g/mol. The quantitative estimate of drug-likeness (QED) is 0.224.